The van der Waals surface area contributed by atoms with Crippen LogP contribution in [0, 0.1) is 5.82 Å². The van der Waals surface area contributed by atoms with Crippen LogP contribution in [0.5, 0.6) is 0 Å². The van der Waals surface area contributed by atoms with Gasteiger partial charge in [-0.2, -0.15) is 0 Å². The van der Waals surface area contributed by atoms with Crippen molar-refractivity contribution in [2.24, 2.45) is 5.73 Å². The summed E-state index contributed by atoms with van der Waals surface area (Å²) in [5, 5.41) is 1.00. The van der Waals surface area contributed by atoms with E-state index in [0.29, 0.717) is 39.7 Å². The second-order valence-electron chi connectivity index (χ2n) is 3.94. The van der Waals surface area contributed by atoms with Gasteiger partial charge in [-0.05, 0) is 36.7 Å². The van der Waals surface area contributed by atoms with Crippen LogP contribution in [0.25, 0.3) is 11.1 Å². The van der Waals surface area contributed by atoms with E-state index in [-0.39, 0.29) is 5.82 Å². The highest BCUT2D eigenvalue weighted by Crippen LogP contribution is 2.33. The van der Waals surface area contributed by atoms with E-state index in [0.717, 1.165) is 0 Å². The fourth-order valence-electron chi connectivity index (χ4n) is 1.84. The average molecular weight is 284 g/mol. The summed E-state index contributed by atoms with van der Waals surface area (Å²) in [4.78, 5) is 0. The van der Waals surface area contributed by atoms with Crippen LogP contribution in [0.4, 0.5) is 4.39 Å². The predicted molar refractivity (Wildman–Crippen MR) is 74.6 cm³/mol. The fraction of sp³-hybridized carbons (Fsp3) is 0.143. The Balaban J connectivity index is 2.57. The molecule has 0 aliphatic carbocycles. The molecule has 0 unspecified atom stereocenters. The smallest absolute Gasteiger partial charge is 0.134 e. The number of nitrogens with two attached hydrogens (primary N) is 1. The number of rotatable bonds is 3. The molecule has 0 aromatic heterocycles. The van der Waals surface area contributed by atoms with Crippen LogP contribution in [0.3, 0.4) is 0 Å². The van der Waals surface area contributed by atoms with E-state index in [1.807, 2.05) is 0 Å². The Bertz CT molecular complexity index is 570. The summed E-state index contributed by atoms with van der Waals surface area (Å²) in [6.45, 7) is 0.406. The van der Waals surface area contributed by atoms with Crippen LogP contribution < -0.4 is 5.73 Å². The minimum absolute atomic E-state index is 0.285. The molecule has 0 aliphatic heterocycles. The molecule has 0 fully saturated rings. The first-order valence-electron chi connectivity index (χ1n) is 5.56. The summed E-state index contributed by atoms with van der Waals surface area (Å²) in [7, 11) is 0. The number of hydrogen-bond donors (Lipinski definition) is 1. The van der Waals surface area contributed by atoms with Gasteiger partial charge in [0.15, 0.2) is 0 Å². The van der Waals surface area contributed by atoms with Crippen molar-refractivity contribution in [1.29, 1.82) is 0 Å². The molecular weight excluding hydrogens is 272 g/mol. The van der Waals surface area contributed by atoms with Crippen molar-refractivity contribution in [1.82, 2.24) is 0 Å². The van der Waals surface area contributed by atoms with Crippen molar-refractivity contribution in [2.75, 3.05) is 6.54 Å². The first-order valence-corrected chi connectivity index (χ1v) is 6.32. The quantitative estimate of drug-likeness (QED) is 0.893. The Hall–Kier alpha value is -1.09. The maximum atomic E-state index is 14.3. The van der Waals surface area contributed by atoms with E-state index in [1.165, 1.54) is 0 Å². The Morgan fingerprint density at radius 3 is 2.56 bits per heavy atom. The van der Waals surface area contributed by atoms with E-state index in [1.54, 1.807) is 36.4 Å². The van der Waals surface area contributed by atoms with Crippen LogP contribution in [-0.4, -0.2) is 6.54 Å². The molecule has 2 N–H and O–H groups in total. The SMILES string of the molecule is NCCc1cccc(-c2cc(Cl)ccc2Cl)c1F. The molecule has 0 spiro atoms. The van der Waals surface area contributed by atoms with Crippen molar-refractivity contribution in [2.45, 2.75) is 6.42 Å². The zero-order valence-electron chi connectivity index (χ0n) is 9.59. The summed E-state index contributed by atoms with van der Waals surface area (Å²) < 4.78 is 14.3. The summed E-state index contributed by atoms with van der Waals surface area (Å²) in [5.74, 6) is -0.285. The summed E-state index contributed by atoms with van der Waals surface area (Å²) in [6.07, 6.45) is 0.498. The van der Waals surface area contributed by atoms with Gasteiger partial charge in [-0.3, -0.25) is 0 Å². The van der Waals surface area contributed by atoms with Gasteiger partial charge in [0.1, 0.15) is 5.82 Å². The lowest BCUT2D eigenvalue weighted by Gasteiger charge is -2.09. The molecule has 4 heteroatoms. The normalized spacial score (nSPS) is 10.7. The van der Waals surface area contributed by atoms with Gasteiger partial charge >= 0.3 is 0 Å². The van der Waals surface area contributed by atoms with Crippen molar-refractivity contribution < 1.29 is 4.39 Å². The molecular formula is C14H12Cl2FN. The van der Waals surface area contributed by atoms with Crippen LogP contribution >= 0.6 is 23.2 Å². The number of benzene rings is 2. The standard InChI is InChI=1S/C14H12Cl2FN/c15-10-4-5-13(16)12(8-10)11-3-1-2-9(6-7-18)14(11)17/h1-5,8H,6-7,18H2. The molecule has 0 aliphatic rings. The monoisotopic (exact) mass is 283 g/mol. The highest BCUT2D eigenvalue weighted by molar-refractivity contribution is 6.35. The Morgan fingerprint density at radius 1 is 1.06 bits per heavy atom. The topological polar surface area (TPSA) is 26.0 Å². The molecule has 0 amide bonds. The molecule has 94 valence electrons. The third-order valence-corrected chi connectivity index (χ3v) is 3.28. The first kappa shape index (κ1) is 13.3. The minimum atomic E-state index is -0.285. The van der Waals surface area contributed by atoms with Gasteiger partial charge in [-0.25, -0.2) is 4.39 Å². The van der Waals surface area contributed by atoms with E-state index < -0.39 is 0 Å². The van der Waals surface area contributed by atoms with Crippen molar-refractivity contribution in [3.63, 3.8) is 0 Å². The zero-order valence-corrected chi connectivity index (χ0v) is 11.1. The van der Waals surface area contributed by atoms with Crippen LogP contribution in [0.15, 0.2) is 36.4 Å². The first-order chi connectivity index (χ1) is 8.63. The zero-order chi connectivity index (χ0) is 13.1. The van der Waals surface area contributed by atoms with Crippen LogP contribution in [-0.2, 0) is 6.42 Å². The largest absolute Gasteiger partial charge is 0.330 e. The molecule has 2 aromatic carbocycles. The summed E-state index contributed by atoms with van der Waals surface area (Å²) >= 11 is 12.0. The molecule has 0 saturated carbocycles. The van der Waals surface area contributed by atoms with E-state index in [9.17, 15) is 4.39 Å². The fourth-order valence-corrected chi connectivity index (χ4v) is 2.23. The molecule has 1 nitrogen and oxygen atoms in total. The molecule has 0 bridgehead atoms. The van der Waals surface area contributed by atoms with Gasteiger partial charge in [0.25, 0.3) is 0 Å². The van der Waals surface area contributed by atoms with Crippen molar-refractivity contribution >= 4 is 23.2 Å². The predicted octanol–water partition coefficient (Wildman–Crippen LogP) is 4.30. The second kappa shape index (κ2) is 5.70. The van der Waals surface area contributed by atoms with Crippen molar-refractivity contribution in [3.8, 4) is 11.1 Å². The molecule has 2 aromatic rings. The maximum absolute atomic E-state index is 14.3. The van der Waals surface area contributed by atoms with Gasteiger partial charge in [-0.15, -0.1) is 0 Å². The molecule has 0 atom stereocenters. The third kappa shape index (κ3) is 2.66. The lowest BCUT2D eigenvalue weighted by molar-refractivity contribution is 0.613. The summed E-state index contributed by atoms with van der Waals surface area (Å²) in [6, 6.07) is 10.2. The minimum Gasteiger partial charge on any atom is -0.330 e. The van der Waals surface area contributed by atoms with E-state index in [2.05, 4.69) is 0 Å². The second-order valence-corrected chi connectivity index (χ2v) is 4.79. The van der Waals surface area contributed by atoms with Gasteiger partial charge in [0.2, 0.25) is 0 Å². The van der Waals surface area contributed by atoms with E-state index in [4.69, 9.17) is 28.9 Å². The molecule has 0 radical (unpaired) electrons. The number of hydrogen-bond acceptors (Lipinski definition) is 1. The van der Waals surface area contributed by atoms with Gasteiger partial charge in [0, 0.05) is 21.2 Å². The summed E-state index contributed by atoms with van der Waals surface area (Å²) in [5.41, 5.74) is 7.10. The van der Waals surface area contributed by atoms with Crippen LogP contribution in [0.1, 0.15) is 5.56 Å². The Labute approximate surface area is 115 Å². The highest BCUT2D eigenvalue weighted by atomic mass is 35.5. The van der Waals surface area contributed by atoms with Crippen LogP contribution in [0.2, 0.25) is 10.0 Å². The third-order valence-electron chi connectivity index (χ3n) is 2.71. The molecule has 18 heavy (non-hydrogen) atoms. The molecule has 0 heterocycles. The van der Waals surface area contributed by atoms with Gasteiger partial charge in [-0.1, -0.05) is 41.4 Å². The lowest BCUT2D eigenvalue weighted by atomic mass is 10.0. The van der Waals surface area contributed by atoms with Gasteiger partial charge in [0.05, 0.1) is 0 Å². The highest BCUT2D eigenvalue weighted by Gasteiger charge is 2.12. The van der Waals surface area contributed by atoms with E-state index >= 15 is 0 Å². The Kier molecular flexibility index (Phi) is 4.23. The number of halogens is 3. The van der Waals surface area contributed by atoms with Crippen molar-refractivity contribution in [3.05, 3.63) is 57.8 Å². The average Bonchev–Trinajstić information content (AvgIpc) is 2.35. The molecule has 0 saturated heterocycles. The maximum Gasteiger partial charge on any atom is 0.134 e. The van der Waals surface area contributed by atoms with Gasteiger partial charge < -0.3 is 5.73 Å². The lowest BCUT2D eigenvalue weighted by Crippen LogP contribution is -2.05. The Morgan fingerprint density at radius 2 is 1.83 bits per heavy atom. The molecule has 2 rings (SSSR count).